The van der Waals surface area contributed by atoms with Crippen LogP contribution >= 0.6 is 11.6 Å². The molecule has 3 amide bonds. The van der Waals surface area contributed by atoms with Crippen LogP contribution in [0.25, 0.3) is 22.4 Å². The number of aliphatic hydroxyl groups is 1. The number of hydrogen-bond donors (Lipinski definition) is 2. The molecule has 2 fully saturated rings. The first-order valence-corrected chi connectivity index (χ1v) is 17.3. The smallest absolute Gasteiger partial charge is 0.291 e. The Hall–Kier alpha value is -4.70. The molecule has 2 atom stereocenters. The number of methoxy groups -OCH3 is 1. The summed E-state index contributed by atoms with van der Waals surface area (Å²) in [5.74, 6) is -3.25. The number of halogens is 3. The molecule has 2 saturated heterocycles. The number of amides is 3. The van der Waals surface area contributed by atoms with Crippen molar-refractivity contribution < 1.29 is 37.5 Å². The average molecular weight is 740 g/mol. The molecule has 4 aromatic rings. The lowest BCUT2D eigenvalue weighted by molar-refractivity contribution is -0.895. The summed E-state index contributed by atoms with van der Waals surface area (Å²) in [6.45, 7) is 4.61. The lowest BCUT2D eigenvalue weighted by Crippen LogP contribution is -2.60. The number of likely N-dealkylation sites (tertiary alicyclic amines) is 1. The van der Waals surface area contributed by atoms with Crippen molar-refractivity contribution in [1.29, 1.82) is 0 Å². The maximum absolute atomic E-state index is 15.5. The number of imidazole rings is 1. The summed E-state index contributed by atoms with van der Waals surface area (Å²) in [6.07, 6.45) is 2.81. The van der Waals surface area contributed by atoms with Crippen LogP contribution in [0.4, 0.5) is 14.5 Å². The molecule has 4 heterocycles. The van der Waals surface area contributed by atoms with E-state index in [-0.39, 0.29) is 45.0 Å². The molecule has 0 unspecified atom stereocenters. The maximum atomic E-state index is 15.5. The molecule has 0 radical (unpaired) electrons. The lowest BCUT2D eigenvalue weighted by atomic mass is 10.0. The number of piperazine rings is 1. The van der Waals surface area contributed by atoms with Crippen molar-refractivity contribution in [3.05, 3.63) is 76.5 Å². The largest absolute Gasteiger partial charge is 0.386 e. The van der Waals surface area contributed by atoms with Crippen LogP contribution in [0.3, 0.4) is 0 Å². The Kier molecular flexibility index (Phi) is 10.5. The normalized spacial score (nSPS) is 18.6. The first-order valence-electron chi connectivity index (χ1n) is 16.9. The van der Waals surface area contributed by atoms with Crippen molar-refractivity contribution in [2.45, 2.75) is 32.0 Å². The molecule has 13 nitrogen and oxygen atoms in total. The first-order chi connectivity index (χ1) is 24.7. The number of likely N-dealkylation sites (N-methyl/N-ethyl adjacent to an activating group) is 1. The number of aliphatic hydroxyl groups excluding tert-OH is 1. The highest BCUT2D eigenvalue weighted by Gasteiger charge is 2.48. The predicted octanol–water partition coefficient (Wildman–Crippen LogP) is 3.58. The van der Waals surface area contributed by atoms with E-state index in [1.807, 2.05) is 14.1 Å². The lowest BCUT2D eigenvalue weighted by Gasteiger charge is -2.39. The number of carbonyl (C=O) groups excluding carboxylic acids is 3. The number of rotatable bonds is 9. The van der Waals surface area contributed by atoms with Gasteiger partial charge in [-0.2, -0.15) is 5.10 Å². The number of ether oxygens (including phenoxy) is 1. The van der Waals surface area contributed by atoms with E-state index in [1.54, 1.807) is 34.7 Å². The van der Waals surface area contributed by atoms with Gasteiger partial charge in [-0.25, -0.2) is 13.8 Å². The van der Waals surface area contributed by atoms with E-state index >= 15 is 8.78 Å². The van der Waals surface area contributed by atoms with Crippen LogP contribution in [0.5, 0.6) is 0 Å². The molecule has 276 valence electrons. The molecule has 0 aliphatic carbocycles. The van der Waals surface area contributed by atoms with E-state index in [0.717, 1.165) is 0 Å². The standard InChI is InChI=1S/C36H41ClF2N8O5/c1-21-26(20-46(42-21)15-17-52-5)23-8-9-25(31(39)30(23)38)28-19-40-33(43(28)2)34(49)41-22-6-7-24(27(37)18-22)35(50)44-11-13-45(14-12-44)36(51)32-29(48)10-16-47(32,3)4/h6-9,18-20,29,32,48H,10-17H2,1-5H3/p+1/t29-,32-/m0/s1. The Balaban J connectivity index is 1.10. The third-order valence-corrected chi connectivity index (χ3v) is 10.3. The Morgan fingerprint density at radius 2 is 1.71 bits per heavy atom. The maximum Gasteiger partial charge on any atom is 0.291 e. The van der Waals surface area contributed by atoms with Gasteiger partial charge in [0.25, 0.3) is 17.7 Å². The van der Waals surface area contributed by atoms with Crippen molar-refractivity contribution in [3.63, 3.8) is 0 Å². The van der Waals surface area contributed by atoms with Crippen LogP contribution < -0.4 is 5.32 Å². The fraction of sp³-hybridized carbons (Fsp3) is 0.417. The van der Waals surface area contributed by atoms with Crippen molar-refractivity contribution in [1.82, 2.24) is 29.1 Å². The third-order valence-electron chi connectivity index (χ3n) is 10.0. The molecule has 2 aliphatic heterocycles. The monoisotopic (exact) mass is 739 g/mol. The Morgan fingerprint density at radius 1 is 1.04 bits per heavy atom. The van der Waals surface area contributed by atoms with Gasteiger partial charge in [0.2, 0.25) is 0 Å². The average Bonchev–Trinajstić information content (AvgIpc) is 3.77. The van der Waals surface area contributed by atoms with Gasteiger partial charge >= 0.3 is 0 Å². The predicted molar refractivity (Wildman–Crippen MR) is 190 cm³/mol. The molecule has 2 N–H and O–H groups in total. The van der Waals surface area contributed by atoms with Gasteiger partial charge in [0.05, 0.1) is 62.0 Å². The minimum Gasteiger partial charge on any atom is -0.386 e. The van der Waals surface area contributed by atoms with E-state index in [0.29, 0.717) is 73.7 Å². The second-order valence-electron chi connectivity index (χ2n) is 13.8. The van der Waals surface area contributed by atoms with Gasteiger partial charge in [-0.3, -0.25) is 19.1 Å². The van der Waals surface area contributed by atoms with Gasteiger partial charge in [0, 0.05) is 75.3 Å². The Labute approximate surface area is 304 Å². The van der Waals surface area contributed by atoms with Crippen LogP contribution in [0.15, 0.2) is 42.7 Å². The summed E-state index contributed by atoms with van der Waals surface area (Å²) in [6, 6.07) is 6.88. The SMILES string of the molecule is COCCn1cc(-c2ccc(-c3cnc(C(=O)Nc4ccc(C(=O)N5CCN(C(=O)[C@@H]6[C@@H](O)CC[N+]6(C)C)CC5)c(Cl)c4)n3C)c(F)c2F)c(C)n1. The van der Waals surface area contributed by atoms with Crippen molar-refractivity contribution in [2.24, 2.45) is 7.05 Å². The minimum absolute atomic E-state index is 0.0577. The highest BCUT2D eigenvalue weighted by Crippen LogP contribution is 2.33. The van der Waals surface area contributed by atoms with Crippen LogP contribution in [0, 0.1) is 18.6 Å². The number of anilines is 1. The molecular formula is C36H42ClF2N8O5+. The summed E-state index contributed by atoms with van der Waals surface area (Å²) >= 11 is 6.52. The molecule has 16 heteroatoms. The summed E-state index contributed by atoms with van der Waals surface area (Å²) in [4.78, 5) is 47.4. The molecule has 2 aromatic carbocycles. The van der Waals surface area contributed by atoms with Gasteiger partial charge in [-0.15, -0.1) is 0 Å². The van der Waals surface area contributed by atoms with Gasteiger partial charge in [0.1, 0.15) is 6.10 Å². The summed E-state index contributed by atoms with van der Waals surface area (Å²) in [7, 11) is 6.96. The second kappa shape index (κ2) is 14.7. The zero-order chi connectivity index (χ0) is 37.5. The number of quaternary nitrogens is 1. The Morgan fingerprint density at radius 3 is 2.37 bits per heavy atom. The molecule has 0 saturated carbocycles. The number of nitrogens with zero attached hydrogens (tertiary/aromatic N) is 7. The zero-order valence-electron chi connectivity index (χ0n) is 29.7. The highest BCUT2D eigenvalue weighted by molar-refractivity contribution is 6.34. The van der Waals surface area contributed by atoms with Crippen LogP contribution in [0.1, 0.15) is 33.1 Å². The van der Waals surface area contributed by atoms with Gasteiger partial charge in [-0.05, 0) is 31.2 Å². The highest BCUT2D eigenvalue weighted by atomic mass is 35.5. The van der Waals surface area contributed by atoms with Crippen molar-refractivity contribution >= 4 is 35.0 Å². The molecule has 0 bridgehead atoms. The van der Waals surface area contributed by atoms with E-state index in [4.69, 9.17) is 16.3 Å². The number of benzene rings is 2. The van der Waals surface area contributed by atoms with E-state index in [2.05, 4.69) is 15.4 Å². The molecule has 2 aliphatic rings. The third kappa shape index (κ3) is 7.05. The topological polar surface area (TPSA) is 135 Å². The van der Waals surface area contributed by atoms with E-state index in [1.165, 1.54) is 48.1 Å². The van der Waals surface area contributed by atoms with Gasteiger partial charge in [-0.1, -0.05) is 17.7 Å². The summed E-state index contributed by atoms with van der Waals surface area (Å²) < 4.78 is 39.4. The van der Waals surface area contributed by atoms with Crippen LogP contribution in [0.2, 0.25) is 5.02 Å². The van der Waals surface area contributed by atoms with Gasteiger partial charge < -0.3 is 34.0 Å². The first kappa shape index (κ1) is 37.1. The molecular weight excluding hydrogens is 698 g/mol. The van der Waals surface area contributed by atoms with Crippen LogP contribution in [-0.2, 0) is 23.1 Å². The van der Waals surface area contributed by atoms with Crippen LogP contribution in [-0.4, -0.2) is 129 Å². The summed E-state index contributed by atoms with van der Waals surface area (Å²) in [5, 5.41) is 17.6. The molecule has 52 heavy (non-hydrogen) atoms. The fourth-order valence-electron chi connectivity index (χ4n) is 7.04. The molecule has 0 spiro atoms. The second-order valence-corrected chi connectivity index (χ2v) is 14.2. The Bertz CT molecular complexity index is 2020. The van der Waals surface area contributed by atoms with E-state index < -0.39 is 29.7 Å². The minimum atomic E-state index is -1.09. The van der Waals surface area contributed by atoms with E-state index in [9.17, 15) is 19.5 Å². The zero-order valence-corrected chi connectivity index (χ0v) is 30.5. The summed E-state index contributed by atoms with van der Waals surface area (Å²) in [5.41, 5.74) is 1.69. The fourth-order valence-corrected chi connectivity index (χ4v) is 7.30. The number of hydrogen-bond acceptors (Lipinski definition) is 7. The molecule has 2 aromatic heterocycles. The number of aryl methyl sites for hydroxylation is 1. The number of carbonyl (C=O) groups is 3. The van der Waals surface area contributed by atoms with Gasteiger partial charge in [0.15, 0.2) is 23.5 Å². The van der Waals surface area contributed by atoms with Crippen molar-refractivity contribution in [3.8, 4) is 22.4 Å². The number of aromatic nitrogens is 4. The number of nitrogens with one attached hydrogen (secondary N) is 1. The molecule has 6 rings (SSSR count). The quantitative estimate of drug-likeness (QED) is 0.251. The van der Waals surface area contributed by atoms with Crippen molar-refractivity contribution in [2.75, 3.05) is 65.9 Å².